The lowest BCUT2D eigenvalue weighted by atomic mass is 9.99. The lowest BCUT2D eigenvalue weighted by Crippen LogP contribution is -2.09. The van der Waals surface area contributed by atoms with E-state index in [1.807, 2.05) is 19.9 Å². The largest absolute Gasteiger partial charge is 0.496 e. The number of alkyl halides is 2. The van der Waals surface area contributed by atoms with Crippen molar-refractivity contribution in [3.8, 4) is 5.75 Å². The van der Waals surface area contributed by atoms with Crippen LogP contribution in [0.3, 0.4) is 0 Å². The van der Waals surface area contributed by atoms with Crippen molar-refractivity contribution < 1.29 is 23.4 Å². The van der Waals surface area contributed by atoms with Gasteiger partial charge in [0.25, 0.3) is 6.43 Å². The van der Waals surface area contributed by atoms with E-state index in [1.54, 1.807) is 13.2 Å². The van der Waals surface area contributed by atoms with Gasteiger partial charge < -0.3 is 14.6 Å². The predicted molar refractivity (Wildman–Crippen MR) is 68.9 cm³/mol. The van der Waals surface area contributed by atoms with E-state index in [2.05, 4.69) is 0 Å². The fraction of sp³-hybridized carbons (Fsp3) is 0.571. The standard InChI is InChI=1S/C14H20F2O3/c1-9-4-5-11(14(18-3)10(9)2)12(17)6-7-19-8-13(15)16/h4-5,12-13,17H,6-8H2,1-3H3. The van der Waals surface area contributed by atoms with Crippen LogP contribution in [0, 0.1) is 13.8 Å². The van der Waals surface area contributed by atoms with Gasteiger partial charge in [-0.1, -0.05) is 12.1 Å². The van der Waals surface area contributed by atoms with Crippen molar-refractivity contribution in [1.29, 1.82) is 0 Å². The van der Waals surface area contributed by atoms with E-state index in [9.17, 15) is 13.9 Å². The Kier molecular flexibility index (Phi) is 6.18. The Morgan fingerprint density at radius 2 is 1.95 bits per heavy atom. The normalized spacial score (nSPS) is 12.8. The first kappa shape index (κ1) is 15.9. The Balaban J connectivity index is 2.66. The monoisotopic (exact) mass is 274 g/mol. The van der Waals surface area contributed by atoms with Crippen LogP contribution in [0.15, 0.2) is 12.1 Å². The summed E-state index contributed by atoms with van der Waals surface area (Å²) in [6.45, 7) is 3.36. The van der Waals surface area contributed by atoms with Gasteiger partial charge in [0, 0.05) is 18.6 Å². The lowest BCUT2D eigenvalue weighted by Gasteiger charge is -2.18. The number of hydrogen-bond donors (Lipinski definition) is 1. The van der Waals surface area contributed by atoms with Crippen LogP contribution in [-0.4, -0.2) is 31.9 Å². The van der Waals surface area contributed by atoms with Crippen molar-refractivity contribution in [3.05, 3.63) is 28.8 Å². The minimum atomic E-state index is -2.48. The van der Waals surface area contributed by atoms with Gasteiger partial charge in [0.15, 0.2) is 0 Å². The second-order valence-electron chi connectivity index (χ2n) is 4.40. The second kappa shape index (κ2) is 7.40. The van der Waals surface area contributed by atoms with Gasteiger partial charge in [0.1, 0.15) is 12.4 Å². The van der Waals surface area contributed by atoms with E-state index >= 15 is 0 Å². The smallest absolute Gasteiger partial charge is 0.261 e. The predicted octanol–water partition coefficient (Wildman–Crippen LogP) is 3.02. The van der Waals surface area contributed by atoms with Crippen LogP contribution in [0.5, 0.6) is 5.75 Å². The first-order chi connectivity index (χ1) is 8.97. The molecule has 3 nitrogen and oxygen atoms in total. The number of aliphatic hydroxyl groups excluding tert-OH is 1. The number of aliphatic hydroxyl groups is 1. The number of methoxy groups -OCH3 is 1. The molecule has 0 aliphatic rings. The molecule has 1 N–H and O–H groups in total. The minimum absolute atomic E-state index is 0.0849. The molecule has 0 aromatic heterocycles. The summed E-state index contributed by atoms with van der Waals surface area (Å²) < 4.78 is 33.8. The van der Waals surface area contributed by atoms with Crippen LogP contribution < -0.4 is 4.74 Å². The van der Waals surface area contributed by atoms with E-state index in [-0.39, 0.29) is 13.0 Å². The molecule has 1 aromatic carbocycles. The summed E-state index contributed by atoms with van der Waals surface area (Å²) in [5.74, 6) is 0.640. The molecule has 0 saturated carbocycles. The highest BCUT2D eigenvalue weighted by Crippen LogP contribution is 2.32. The summed E-state index contributed by atoms with van der Waals surface area (Å²) in [5, 5.41) is 10.1. The van der Waals surface area contributed by atoms with Crippen LogP contribution in [0.25, 0.3) is 0 Å². The van der Waals surface area contributed by atoms with Gasteiger partial charge in [-0.25, -0.2) is 8.78 Å². The van der Waals surface area contributed by atoms with Crippen molar-refractivity contribution in [3.63, 3.8) is 0 Å². The molecule has 19 heavy (non-hydrogen) atoms. The molecule has 1 atom stereocenters. The van der Waals surface area contributed by atoms with E-state index < -0.39 is 19.1 Å². The summed E-state index contributed by atoms with van der Waals surface area (Å²) in [5.41, 5.74) is 2.69. The molecule has 1 aromatic rings. The molecule has 0 aliphatic carbocycles. The average molecular weight is 274 g/mol. The fourth-order valence-electron chi connectivity index (χ4n) is 1.87. The lowest BCUT2D eigenvalue weighted by molar-refractivity contribution is 0.00459. The van der Waals surface area contributed by atoms with Gasteiger partial charge in [-0.05, 0) is 25.0 Å². The van der Waals surface area contributed by atoms with Crippen LogP contribution in [0.4, 0.5) is 8.78 Å². The first-order valence-corrected chi connectivity index (χ1v) is 6.15. The van der Waals surface area contributed by atoms with Crippen molar-refractivity contribution >= 4 is 0 Å². The molecule has 1 unspecified atom stereocenters. The van der Waals surface area contributed by atoms with Crippen molar-refractivity contribution in [2.24, 2.45) is 0 Å². The Labute approximate surface area is 112 Å². The molecular formula is C14H20F2O3. The number of rotatable bonds is 7. The minimum Gasteiger partial charge on any atom is -0.496 e. The van der Waals surface area contributed by atoms with E-state index in [4.69, 9.17) is 9.47 Å². The highest BCUT2D eigenvalue weighted by atomic mass is 19.3. The molecule has 0 amide bonds. The number of halogens is 2. The third-order valence-corrected chi connectivity index (χ3v) is 3.05. The molecule has 0 radical (unpaired) electrons. The van der Waals surface area contributed by atoms with Crippen LogP contribution >= 0.6 is 0 Å². The Morgan fingerprint density at radius 3 is 2.53 bits per heavy atom. The maximum atomic E-state index is 11.9. The van der Waals surface area contributed by atoms with Crippen molar-refractivity contribution in [2.45, 2.75) is 32.8 Å². The molecule has 0 spiro atoms. The SMILES string of the molecule is COc1c(C(O)CCOCC(F)F)ccc(C)c1C. The zero-order valence-corrected chi connectivity index (χ0v) is 11.5. The number of aryl methyl sites for hydroxylation is 1. The van der Waals surface area contributed by atoms with Gasteiger partial charge >= 0.3 is 0 Å². The van der Waals surface area contributed by atoms with Crippen molar-refractivity contribution in [2.75, 3.05) is 20.3 Å². The molecule has 0 saturated heterocycles. The zero-order chi connectivity index (χ0) is 14.4. The zero-order valence-electron chi connectivity index (χ0n) is 11.5. The van der Waals surface area contributed by atoms with Gasteiger partial charge in [0.05, 0.1) is 13.2 Å². The van der Waals surface area contributed by atoms with E-state index in [0.29, 0.717) is 11.3 Å². The molecule has 0 heterocycles. The molecule has 0 bridgehead atoms. The number of ether oxygens (including phenoxy) is 2. The third-order valence-electron chi connectivity index (χ3n) is 3.05. The highest BCUT2D eigenvalue weighted by Gasteiger charge is 2.16. The fourth-order valence-corrected chi connectivity index (χ4v) is 1.87. The molecule has 5 heteroatoms. The summed E-state index contributed by atoms with van der Waals surface area (Å²) in [6.07, 6.45) is -3.01. The summed E-state index contributed by atoms with van der Waals surface area (Å²) in [7, 11) is 1.55. The first-order valence-electron chi connectivity index (χ1n) is 6.15. The van der Waals surface area contributed by atoms with Crippen LogP contribution in [-0.2, 0) is 4.74 Å². The van der Waals surface area contributed by atoms with Crippen molar-refractivity contribution in [1.82, 2.24) is 0 Å². The van der Waals surface area contributed by atoms with Gasteiger partial charge in [-0.3, -0.25) is 0 Å². The average Bonchev–Trinajstić information content (AvgIpc) is 2.37. The summed E-state index contributed by atoms with van der Waals surface area (Å²) in [4.78, 5) is 0. The van der Waals surface area contributed by atoms with E-state index in [1.165, 1.54) is 0 Å². The second-order valence-corrected chi connectivity index (χ2v) is 4.40. The topological polar surface area (TPSA) is 38.7 Å². The Bertz CT molecular complexity index is 408. The molecular weight excluding hydrogens is 254 g/mol. The Morgan fingerprint density at radius 1 is 1.26 bits per heavy atom. The van der Waals surface area contributed by atoms with E-state index in [0.717, 1.165) is 11.1 Å². The van der Waals surface area contributed by atoms with Gasteiger partial charge in [-0.2, -0.15) is 0 Å². The quantitative estimate of drug-likeness (QED) is 0.777. The maximum Gasteiger partial charge on any atom is 0.261 e. The van der Waals surface area contributed by atoms with Crippen LogP contribution in [0.1, 0.15) is 29.2 Å². The molecule has 0 fully saturated rings. The molecule has 1 rings (SSSR count). The summed E-state index contributed by atoms with van der Waals surface area (Å²) >= 11 is 0. The number of hydrogen-bond acceptors (Lipinski definition) is 3. The maximum absolute atomic E-state index is 11.9. The molecule has 0 aliphatic heterocycles. The molecule has 108 valence electrons. The van der Waals surface area contributed by atoms with Gasteiger partial charge in [0.2, 0.25) is 0 Å². The Hall–Kier alpha value is -1.20. The van der Waals surface area contributed by atoms with Crippen LogP contribution in [0.2, 0.25) is 0 Å². The number of benzene rings is 1. The van der Waals surface area contributed by atoms with Gasteiger partial charge in [-0.15, -0.1) is 0 Å². The third kappa shape index (κ3) is 4.44. The summed E-state index contributed by atoms with van der Waals surface area (Å²) in [6, 6.07) is 3.69. The highest BCUT2D eigenvalue weighted by molar-refractivity contribution is 5.46.